The van der Waals surface area contributed by atoms with Crippen molar-refractivity contribution in [2.75, 3.05) is 51.6 Å². The van der Waals surface area contributed by atoms with Crippen molar-refractivity contribution in [3.8, 4) is 22.8 Å². The largest absolute Gasteiger partial charge is 0.573 e. The summed E-state index contributed by atoms with van der Waals surface area (Å²) < 4.78 is 64.9. The first-order valence-corrected chi connectivity index (χ1v) is 14.0. The maximum atomic E-state index is 12.4. The standard InChI is InChI=1S/C29H33BF3N5O7/c1-21-16-25(6-7-26(21)30(39)40)44-15-14-43-13-12-42-11-10-41-9-8-38-19-22(18-36-38)27-17-28(35-20-34-27)37-23-2-4-24(5-3-23)45-29(31,32)33/h2-7,16-20,39-40H,8-15H2,1H3,(H,34,35,37). The Morgan fingerprint density at radius 1 is 0.844 bits per heavy atom. The molecule has 12 nitrogen and oxygen atoms in total. The smallest absolute Gasteiger partial charge is 0.491 e. The van der Waals surface area contributed by atoms with Gasteiger partial charge in [0.15, 0.2) is 0 Å². The summed E-state index contributed by atoms with van der Waals surface area (Å²) in [5, 5.41) is 25.9. The van der Waals surface area contributed by atoms with Gasteiger partial charge in [-0.1, -0.05) is 6.07 Å². The van der Waals surface area contributed by atoms with Crippen molar-refractivity contribution in [1.82, 2.24) is 19.7 Å². The number of aromatic nitrogens is 4. The summed E-state index contributed by atoms with van der Waals surface area (Å²) in [6.45, 7) is 5.15. The van der Waals surface area contributed by atoms with Crippen molar-refractivity contribution >= 4 is 24.1 Å². The number of hydrogen-bond donors (Lipinski definition) is 3. The van der Waals surface area contributed by atoms with E-state index in [1.807, 2.05) is 6.20 Å². The van der Waals surface area contributed by atoms with E-state index in [-0.39, 0.29) is 5.75 Å². The van der Waals surface area contributed by atoms with Gasteiger partial charge in [-0.25, -0.2) is 9.97 Å². The lowest BCUT2D eigenvalue weighted by molar-refractivity contribution is -0.274. The van der Waals surface area contributed by atoms with E-state index in [9.17, 15) is 23.2 Å². The third-order valence-electron chi connectivity index (χ3n) is 6.18. The minimum absolute atomic E-state index is 0.313. The molecule has 0 atom stereocenters. The topological polar surface area (TPSA) is 142 Å². The molecule has 0 spiro atoms. The van der Waals surface area contributed by atoms with Gasteiger partial charge >= 0.3 is 13.5 Å². The summed E-state index contributed by atoms with van der Waals surface area (Å²) in [5.41, 5.74) is 3.08. The lowest BCUT2D eigenvalue weighted by atomic mass is 9.77. The quantitative estimate of drug-likeness (QED) is 0.110. The fourth-order valence-corrected chi connectivity index (χ4v) is 4.04. The van der Waals surface area contributed by atoms with Crippen molar-refractivity contribution in [1.29, 1.82) is 0 Å². The number of hydrogen-bond acceptors (Lipinski definition) is 11. The Kier molecular flexibility index (Phi) is 12.5. The number of anilines is 2. The van der Waals surface area contributed by atoms with Crippen molar-refractivity contribution < 1.29 is 46.9 Å². The molecule has 0 unspecified atom stereocenters. The molecule has 0 radical (unpaired) electrons. The molecule has 0 bridgehead atoms. The Labute approximate surface area is 257 Å². The van der Waals surface area contributed by atoms with Crippen molar-refractivity contribution in [3.63, 3.8) is 0 Å². The predicted octanol–water partition coefficient (Wildman–Crippen LogP) is 3.10. The first-order chi connectivity index (χ1) is 21.7. The minimum atomic E-state index is -4.75. The summed E-state index contributed by atoms with van der Waals surface area (Å²) in [5.74, 6) is 0.776. The fourth-order valence-electron chi connectivity index (χ4n) is 4.04. The molecular weight excluding hydrogens is 598 g/mol. The Balaban J connectivity index is 1.06. The Morgan fingerprint density at radius 2 is 1.51 bits per heavy atom. The lowest BCUT2D eigenvalue weighted by Crippen LogP contribution is -2.31. The maximum absolute atomic E-state index is 12.4. The van der Waals surface area contributed by atoms with E-state index in [2.05, 4.69) is 25.1 Å². The number of aryl methyl sites for hydroxylation is 1. The number of alkyl halides is 3. The molecule has 4 rings (SSSR count). The normalized spacial score (nSPS) is 11.4. The second kappa shape index (κ2) is 16.7. The van der Waals surface area contributed by atoms with Crippen LogP contribution in [0.1, 0.15) is 5.56 Å². The van der Waals surface area contributed by atoms with Crippen LogP contribution in [-0.2, 0) is 20.8 Å². The van der Waals surface area contributed by atoms with Crippen LogP contribution in [0.3, 0.4) is 0 Å². The number of halogens is 3. The van der Waals surface area contributed by atoms with Crippen LogP contribution in [0.15, 0.2) is 67.3 Å². The minimum Gasteiger partial charge on any atom is -0.491 e. The number of benzene rings is 2. The lowest BCUT2D eigenvalue weighted by Gasteiger charge is -2.10. The van der Waals surface area contributed by atoms with Crippen LogP contribution in [-0.4, -0.2) is 89.5 Å². The summed E-state index contributed by atoms with van der Waals surface area (Å²) in [6, 6.07) is 12.1. The van der Waals surface area contributed by atoms with Gasteiger partial charge in [0.05, 0.1) is 58.1 Å². The second-order valence-corrected chi connectivity index (χ2v) is 9.56. The Morgan fingerprint density at radius 3 is 2.18 bits per heavy atom. The van der Waals surface area contributed by atoms with Crippen LogP contribution >= 0.6 is 0 Å². The van der Waals surface area contributed by atoms with Gasteiger partial charge in [-0.15, -0.1) is 13.2 Å². The van der Waals surface area contributed by atoms with Crippen molar-refractivity contribution in [2.45, 2.75) is 19.8 Å². The molecular formula is C29H33BF3N5O7. The van der Waals surface area contributed by atoms with Crippen LogP contribution in [0.25, 0.3) is 11.3 Å². The van der Waals surface area contributed by atoms with Crippen LogP contribution in [0.4, 0.5) is 24.7 Å². The van der Waals surface area contributed by atoms with E-state index in [1.54, 1.807) is 42.1 Å². The van der Waals surface area contributed by atoms with Gasteiger partial charge in [-0.2, -0.15) is 5.10 Å². The molecule has 16 heteroatoms. The van der Waals surface area contributed by atoms with Gasteiger partial charge in [0.25, 0.3) is 0 Å². The molecule has 0 saturated heterocycles. The van der Waals surface area contributed by atoms with Gasteiger partial charge in [-0.05, 0) is 54.3 Å². The molecule has 0 fully saturated rings. The summed E-state index contributed by atoms with van der Waals surface area (Å²) in [6.07, 6.45) is 0.126. The second-order valence-electron chi connectivity index (χ2n) is 9.56. The monoisotopic (exact) mass is 631 g/mol. The average Bonchev–Trinajstić information content (AvgIpc) is 3.47. The highest BCUT2D eigenvalue weighted by molar-refractivity contribution is 6.59. The molecule has 45 heavy (non-hydrogen) atoms. The first kappa shape index (κ1) is 33.7. The number of rotatable bonds is 18. The zero-order valence-corrected chi connectivity index (χ0v) is 24.4. The van der Waals surface area contributed by atoms with Gasteiger partial charge in [0.1, 0.15) is 30.3 Å². The van der Waals surface area contributed by atoms with Crippen LogP contribution in [0.5, 0.6) is 11.5 Å². The molecule has 240 valence electrons. The van der Waals surface area contributed by atoms with Gasteiger partial charge in [0, 0.05) is 23.5 Å². The van der Waals surface area contributed by atoms with E-state index < -0.39 is 13.5 Å². The van der Waals surface area contributed by atoms with Gasteiger partial charge < -0.3 is 39.0 Å². The fraction of sp³-hybridized carbons (Fsp3) is 0.345. The molecule has 3 N–H and O–H groups in total. The van der Waals surface area contributed by atoms with E-state index in [1.165, 1.54) is 30.6 Å². The van der Waals surface area contributed by atoms with E-state index in [4.69, 9.17) is 18.9 Å². The molecule has 0 aliphatic heterocycles. The van der Waals surface area contributed by atoms with Crippen LogP contribution in [0, 0.1) is 6.92 Å². The molecule has 0 saturated carbocycles. The Bertz CT molecular complexity index is 1480. The van der Waals surface area contributed by atoms with Crippen LogP contribution in [0.2, 0.25) is 0 Å². The highest BCUT2D eigenvalue weighted by Crippen LogP contribution is 2.26. The number of nitrogens with zero attached hydrogens (tertiary/aromatic N) is 4. The SMILES string of the molecule is Cc1cc(OCCOCCOCCOCCn2cc(-c3cc(Nc4ccc(OC(F)(F)F)cc4)ncn3)cn2)ccc1B(O)O. The van der Waals surface area contributed by atoms with E-state index >= 15 is 0 Å². The Hall–Kier alpha value is -4.22. The zero-order valence-electron chi connectivity index (χ0n) is 24.4. The van der Waals surface area contributed by atoms with Crippen molar-refractivity contribution in [2.24, 2.45) is 0 Å². The van der Waals surface area contributed by atoms with Crippen LogP contribution < -0.4 is 20.3 Å². The summed E-state index contributed by atoms with van der Waals surface area (Å²) >= 11 is 0. The highest BCUT2D eigenvalue weighted by atomic mass is 19.4. The third-order valence-corrected chi connectivity index (χ3v) is 6.18. The molecule has 0 aliphatic carbocycles. The maximum Gasteiger partial charge on any atom is 0.573 e. The molecule has 2 aromatic heterocycles. The molecule has 0 aliphatic rings. The van der Waals surface area contributed by atoms with Gasteiger partial charge in [-0.3, -0.25) is 4.68 Å². The summed E-state index contributed by atoms with van der Waals surface area (Å²) in [4.78, 5) is 8.44. The third kappa shape index (κ3) is 11.7. The number of ether oxygens (including phenoxy) is 5. The molecule has 2 heterocycles. The molecule has 4 aromatic rings. The zero-order chi connectivity index (χ0) is 32.1. The predicted molar refractivity (Wildman–Crippen MR) is 159 cm³/mol. The van der Waals surface area contributed by atoms with Gasteiger partial charge in [0.2, 0.25) is 0 Å². The molecule has 0 amide bonds. The molecule has 2 aromatic carbocycles. The first-order valence-electron chi connectivity index (χ1n) is 14.0. The number of nitrogens with one attached hydrogen (secondary N) is 1. The average molecular weight is 631 g/mol. The van der Waals surface area contributed by atoms with E-state index in [0.29, 0.717) is 81.2 Å². The summed E-state index contributed by atoms with van der Waals surface area (Å²) in [7, 11) is -1.51. The van der Waals surface area contributed by atoms with Crippen molar-refractivity contribution in [3.05, 3.63) is 72.8 Å². The highest BCUT2D eigenvalue weighted by Gasteiger charge is 2.31. The van der Waals surface area contributed by atoms with E-state index in [0.717, 1.165) is 11.1 Å².